The molecular formula is C24H32F3NO4Si. The summed E-state index contributed by atoms with van der Waals surface area (Å²) in [5.74, 6) is -0.591. The van der Waals surface area contributed by atoms with Gasteiger partial charge in [-0.25, -0.2) is 4.79 Å². The van der Waals surface area contributed by atoms with Crippen molar-refractivity contribution in [2.75, 3.05) is 31.7 Å². The van der Waals surface area contributed by atoms with Crippen LogP contribution in [0.15, 0.2) is 48.5 Å². The molecule has 0 aliphatic rings. The first-order valence-corrected chi connectivity index (χ1v) is 13.6. The molecule has 0 fully saturated rings. The number of benzene rings is 2. The van der Waals surface area contributed by atoms with E-state index >= 15 is 0 Å². The molecule has 0 aromatic heterocycles. The van der Waals surface area contributed by atoms with E-state index in [4.69, 9.17) is 13.9 Å². The van der Waals surface area contributed by atoms with Gasteiger partial charge in [0.2, 0.25) is 0 Å². The molecule has 2 aromatic carbocycles. The zero-order valence-corrected chi connectivity index (χ0v) is 20.7. The van der Waals surface area contributed by atoms with E-state index in [1.807, 2.05) is 0 Å². The van der Waals surface area contributed by atoms with Gasteiger partial charge >= 0.3 is 12.1 Å². The molecule has 0 atom stereocenters. The van der Waals surface area contributed by atoms with E-state index in [1.165, 1.54) is 12.1 Å². The minimum Gasteiger partial charge on any atom is -0.460 e. The largest absolute Gasteiger partial charge is 0.460 e. The van der Waals surface area contributed by atoms with Gasteiger partial charge in [0, 0.05) is 5.69 Å². The number of alkyl halides is 3. The SMILES string of the molecule is CC(C)(C)[Si](C)(C)OCCOCCOC(=O)c1ccccc1Nc1cccc(C(F)(F)F)c1. The molecule has 2 aromatic rings. The van der Waals surface area contributed by atoms with Gasteiger partial charge in [0.25, 0.3) is 0 Å². The fraction of sp³-hybridized carbons (Fsp3) is 0.458. The average Bonchev–Trinajstić information content (AvgIpc) is 2.72. The van der Waals surface area contributed by atoms with Crippen LogP contribution in [0.3, 0.4) is 0 Å². The van der Waals surface area contributed by atoms with Crippen LogP contribution in [0.2, 0.25) is 18.1 Å². The summed E-state index contributed by atoms with van der Waals surface area (Å²) < 4.78 is 55.7. The summed E-state index contributed by atoms with van der Waals surface area (Å²) in [6.07, 6.45) is -4.45. The number of para-hydroxylation sites is 1. The third-order valence-corrected chi connectivity index (χ3v) is 10.1. The van der Waals surface area contributed by atoms with Crippen molar-refractivity contribution in [1.82, 2.24) is 0 Å². The maximum atomic E-state index is 13.0. The van der Waals surface area contributed by atoms with Gasteiger partial charge in [-0.15, -0.1) is 0 Å². The lowest BCUT2D eigenvalue weighted by molar-refractivity contribution is -0.137. The van der Waals surface area contributed by atoms with Gasteiger partial charge in [-0.1, -0.05) is 39.0 Å². The summed E-state index contributed by atoms with van der Waals surface area (Å²) in [4.78, 5) is 12.5. The molecule has 0 spiro atoms. The third kappa shape index (κ3) is 8.17. The lowest BCUT2D eigenvalue weighted by Crippen LogP contribution is -2.41. The van der Waals surface area contributed by atoms with Gasteiger partial charge in [-0.3, -0.25) is 0 Å². The van der Waals surface area contributed by atoms with Gasteiger partial charge in [0.1, 0.15) is 6.61 Å². The summed E-state index contributed by atoms with van der Waals surface area (Å²) in [6, 6.07) is 11.3. The smallest absolute Gasteiger partial charge is 0.416 e. The number of esters is 1. The van der Waals surface area contributed by atoms with E-state index in [9.17, 15) is 18.0 Å². The number of hydrogen-bond donors (Lipinski definition) is 1. The Balaban J connectivity index is 1.85. The second kappa shape index (κ2) is 11.2. The van der Waals surface area contributed by atoms with Crippen LogP contribution in [-0.2, 0) is 20.1 Å². The van der Waals surface area contributed by atoms with Crippen molar-refractivity contribution in [3.63, 3.8) is 0 Å². The van der Waals surface area contributed by atoms with Crippen LogP contribution in [0.4, 0.5) is 24.5 Å². The number of halogens is 3. The molecule has 0 saturated carbocycles. The van der Waals surface area contributed by atoms with Gasteiger partial charge in [-0.2, -0.15) is 13.2 Å². The van der Waals surface area contributed by atoms with Crippen molar-refractivity contribution in [3.05, 3.63) is 59.7 Å². The predicted molar refractivity (Wildman–Crippen MR) is 125 cm³/mol. The van der Waals surface area contributed by atoms with E-state index in [-0.39, 0.29) is 29.5 Å². The zero-order valence-electron chi connectivity index (χ0n) is 19.7. The molecule has 0 saturated heterocycles. The summed E-state index contributed by atoms with van der Waals surface area (Å²) in [5.41, 5.74) is 0.0130. The molecule has 0 bridgehead atoms. The maximum Gasteiger partial charge on any atom is 0.416 e. The highest BCUT2D eigenvalue weighted by molar-refractivity contribution is 6.74. The number of anilines is 2. The Bertz CT molecular complexity index is 926. The molecule has 0 heterocycles. The highest BCUT2D eigenvalue weighted by atomic mass is 28.4. The lowest BCUT2D eigenvalue weighted by Gasteiger charge is -2.36. The topological polar surface area (TPSA) is 56.8 Å². The van der Waals surface area contributed by atoms with E-state index in [2.05, 4.69) is 39.2 Å². The van der Waals surface area contributed by atoms with E-state index in [1.54, 1.807) is 24.3 Å². The van der Waals surface area contributed by atoms with Crippen LogP contribution in [0.1, 0.15) is 36.7 Å². The molecule has 1 N–H and O–H groups in total. The Morgan fingerprint density at radius 2 is 1.61 bits per heavy atom. The Kier molecular flexibility index (Phi) is 9.10. The molecule has 182 valence electrons. The van der Waals surface area contributed by atoms with Crippen LogP contribution >= 0.6 is 0 Å². The summed E-state index contributed by atoms with van der Waals surface area (Å²) in [7, 11) is -1.82. The standard InChI is InChI=1S/C24H32F3NO4Si/c1-23(2,3)33(4,5)32-16-14-30-13-15-31-22(29)20-11-6-7-12-21(20)28-19-10-8-9-18(17-19)24(25,26)27/h6-12,17,28H,13-16H2,1-5H3. The van der Waals surface area contributed by atoms with Crippen molar-refractivity contribution >= 4 is 25.7 Å². The normalized spacial score (nSPS) is 12.5. The second-order valence-electron chi connectivity index (χ2n) is 9.11. The quantitative estimate of drug-likeness (QED) is 0.233. The number of ether oxygens (including phenoxy) is 2. The molecule has 0 unspecified atom stereocenters. The van der Waals surface area contributed by atoms with Gasteiger partial charge in [0.05, 0.1) is 36.6 Å². The van der Waals surface area contributed by atoms with Crippen molar-refractivity contribution < 1.29 is 31.9 Å². The van der Waals surface area contributed by atoms with Crippen molar-refractivity contribution in [1.29, 1.82) is 0 Å². The molecule has 0 amide bonds. The van der Waals surface area contributed by atoms with Crippen LogP contribution in [0.25, 0.3) is 0 Å². The molecule has 0 aliphatic carbocycles. The molecular weight excluding hydrogens is 451 g/mol. The average molecular weight is 484 g/mol. The van der Waals surface area contributed by atoms with E-state index in [0.29, 0.717) is 18.9 Å². The first kappa shape index (κ1) is 26.9. The van der Waals surface area contributed by atoms with Crippen LogP contribution in [0.5, 0.6) is 0 Å². The fourth-order valence-corrected chi connectivity index (χ4v) is 3.67. The minimum absolute atomic E-state index is 0.0524. The third-order valence-electron chi connectivity index (χ3n) is 5.57. The first-order chi connectivity index (χ1) is 15.3. The number of carbonyl (C=O) groups is 1. The Labute approximate surface area is 194 Å². The van der Waals surface area contributed by atoms with E-state index in [0.717, 1.165) is 12.1 Å². The fourth-order valence-electron chi connectivity index (χ4n) is 2.64. The molecule has 9 heteroatoms. The minimum atomic E-state index is -4.45. The Hall–Kier alpha value is -2.36. The highest BCUT2D eigenvalue weighted by Crippen LogP contribution is 2.36. The van der Waals surface area contributed by atoms with Crippen molar-refractivity contribution in [3.8, 4) is 0 Å². The predicted octanol–water partition coefficient (Wildman–Crippen LogP) is 6.64. The van der Waals surface area contributed by atoms with E-state index < -0.39 is 26.0 Å². The number of nitrogens with one attached hydrogen (secondary N) is 1. The van der Waals surface area contributed by atoms with Crippen LogP contribution in [-0.4, -0.2) is 40.7 Å². The van der Waals surface area contributed by atoms with Gasteiger partial charge < -0.3 is 19.2 Å². The second-order valence-corrected chi connectivity index (χ2v) is 13.9. The molecule has 33 heavy (non-hydrogen) atoms. The Morgan fingerprint density at radius 3 is 2.27 bits per heavy atom. The summed E-state index contributed by atoms with van der Waals surface area (Å²) >= 11 is 0. The number of hydrogen-bond acceptors (Lipinski definition) is 5. The van der Waals surface area contributed by atoms with Crippen LogP contribution in [0, 0.1) is 0 Å². The number of rotatable bonds is 10. The number of carbonyl (C=O) groups excluding carboxylic acids is 1. The molecule has 0 aliphatic heterocycles. The molecule has 0 radical (unpaired) electrons. The summed E-state index contributed by atoms with van der Waals surface area (Å²) in [6.45, 7) is 12.0. The molecule has 2 rings (SSSR count). The van der Waals surface area contributed by atoms with Crippen molar-refractivity contribution in [2.24, 2.45) is 0 Å². The summed E-state index contributed by atoms with van der Waals surface area (Å²) in [5, 5.41) is 2.99. The first-order valence-electron chi connectivity index (χ1n) is 10.7. The Morgan fingerprint density at radius 1 is 0.939 bits per heavy atom. The van der Waals surface area contributed by atoms with Crippen LogP contribution < -0.4 is 5.32 Å². The van der Waals surface area contributed by atoms with Gasteiger partial charge in [0.15, 0.2) is 8.32 Å². The zero-order chi connectivity index (χ0) is 24.7. The van der Waals surface area contributed by atoms with Crippen molar-refractivity contribution in [2.45, 2.75) is 45.1 Å². The lowest BCUT2D eigenvalue weighted by atomic mass is 10.1. The monoisotopic (exact) mass is 483 g/mol. The van der Waals surface area contributed by atoms with Gasteiger partial charge in [-0.05, 0) is 48.5 Å². The maximum absolute atomic E-state index is 13.0. The highest BCUT2D eigenvalue weighted by Gasteiger charge is 2.36. The molecule has 5 nitrogen and oxygen atoms in total.